The number of nitrogens with zero attached hydrogens (tertiary/aromatic N) is 7. The molecule has 1 saturated heterocycles. The van der Waals surface area contributed by atoms with Gasteiger partial charge in [-0.25, -0.2) is 9.98 Å². The lowest BCUT2D eigenvalue weighted by Gasteiger charge is -2.40. The van der Waals surface area contributed by atoms with Gasteiger partial charge in [0.05, 0.1) is 59.2 Å². The van der Waals surface area contributed by atoms with Gasteiger partial charge in [-0.3, -0.25) is 23.8 Å². The monoisotopic (exact) mass is 968 g/mol. The molecule has 0 radical (unpaired) electrons. The van der Waals surface area contributed by atoms with Gasteiger partial charge in [0.1, 0.15) is 55.5 Å². The Kier molecular flexibility index (Phi) is 18.1. The van der Waals surface area contributed by atoms with Crippen LogP contribution in [0.3, 0.4) is 0 Å². The summed E-state index contributed by atoms with van der Waals surface area (Å²) in [6.07, 6.45) is -0.905. The van der Waals surface area contributed by atoms with Gasteiger partial charge in [0.25, 0.3) is 5.56 Å². The lowest BCUT2D eigenvalue weighted by molar-refractivity contribution is -0.152. The standard InChI is InChI=1S/C50H65N8O10P/c1-33(2)58(34(3)4)69(30-41(59)67-49(5,6)25-26-51)68-43-40(66-47(44(43)64-28-27-61-9)57-32-52-42-45(57)54-48(55-46(42)60)53-31-56(7)8)29-65-50(35-15-13-12-14-16-35,36-17-21-38(62-10)22-18-36)37-19-23-39(63-11)24-20-37/h12-24,31-34,40,43-44,47H,25,27-30H2,1-11H3,(H,54,55,60)/b53-31+/t40-,43+,44?,47-,69?/m1/s1. The molecule has 2 unspecified atom stereocenters. The number of aromatic amines is 1. The van der Waals surface area contributed by atoms with E-state index in [1.807, 2.05) is 107 Å². The number of esters is 1. The number of fused-ring (bicyclic) bond motifs is 1. The van der Waals surface area contributed by atoms with Gasteiger partial charge in [-0.15, -0.1) is 0 Å². The number of carbonyl (C=O) groups is 1. The number of aliphatic imine (C=N–C) groups is 1. The number of carbonyl (C=O) groups excluding carboxylic acids is 1. The highest BCUT2D eigenvalue weighted by atomic mass is 31.2. The van der Waals surface area contributed by atoms with Crippen LogP contribution in [0.5, 0.6) is 11.5 Å². The fraction of sp³-hybridized carbons (Fsp3) is 0.480. The van der Waals surface area contributed by atoms with Crippen LogP contribution in [0, 0.1) is 11.3 Å². The number of methoxy groups -OCH3 is 3. The molecule has 0 amide bonds. The van der Waals surface area contributed by atoms with Crippen molar-refractivity contribution in [2.75, 3.05) is 61.4 Å². The Morgan fingerprint density at radius 3 is 2.09 bits per heavy atom. The van der Waals surface area contributed by atoms with Gasteiger partial charge in [0.2, 0.25) is 5.95 Å². The van der Waals surface area contributed by atoms with E-state index in [1.165, 1.54) is 12.7 Å². The molecule has 1 fully saturated rings. The molecule has 1 aliphatic rings. The number of rotatable bonds is 24. The summed E-state index contributed by atoms with van der Waals surface area (Å²) in [5.74, 6) is 0.869. The third kappa shape index (κ3) is 12.5. The lowest BCUT2D eigenvalue weighted by Crippen LogP contribution is -2.43. The maximum absolute atomic E-state index is 14.0. The summed E-state index contributed by atoms with van der Waals surface area (Å²) in [5, 5.41) is 9.52. The SMILES string of the molecule is COCCOC1[C@@H](OP(CC(=O)OC(C)(C)CC#N)N(C(C)C)C(C)C)[C@@H](COC(c2ccccc2)(c2ccc(OC)cc2)c2ccc(OC)cc2)O[C@H]1n1cnc2c(=O)[nH]c(/N=C/N(C)C)nc21. The predicted octanol–water partition coefficient (Wildman–Crippen LogP) is 7.35. The first-order valence-corrected chi connectivity index (χ1v) is 24.2. The molecule has 69 heavy (non-hydrogen) atoms. The molecule has 1 N–H and O–H groups in total. The van der Waals surface area contributed by atoms with E-state index in [1.54, 1.807) is 58.7 Å². The Hall–Kier alpha value is -5.77. The number of hydrogen-bond donors (Lipinski definition) is 1. The van der Waals surface area contributed by atoms with Crippen molar-refractivity contribution >= 4 is 37.7 Å². The largest absolute Gasteiger partial charge is 0.497 e. The first-order chi connectivity index (χ1) is 33.0. The number of H-pyrrole nitrogens is 1. The van der Waals surface area contributed by atoms with Crippen LogP contribution in [-0.4, -0.2) is 139 Å². The second kappa shape index (κ2) is 23.7. The molecular weight excluding hydrogens is 904 g/mol. The zero-order valence-corrected chi connectivity index (χ0v) is 42.2. The molecule has 1 aliphatic heterocycles. The van der Waals surface area contributed by atoms with E-state index in [-0.39, 0.29) is 61.6 Å². The van der Waals surface area contributed by atoms with Crippen LogP contribution in [0.15, 0.2) is 95.0 Å². The number of aromatic nitrogens is 4. The Bertz CT molecular complexity index is 2510. The summed E-state index contributed by atoms with van der Waals surface area (Å²) in [6.45, 7) is 11.8. The normalized spacial score (nSPS) is 18.0. The van der Waals surface area contributed by atoms with E-state index in [0.29, 0.717) is 11.5 Å². The molecular formula is C50H65N8O10P. The number of imidazole rings is 1. The van der Waals surface area contributed by atoms with Crippen LogP contribution in [-0.2, 0) is 38.6 Å². The van der Waals surface area contributed by atoms with Crippen molar-refractivity contribution in [2.24, 2.45) is 4.99 Å². The molecule has 2 aromatic heterocycles. The first-order valence-electron chi connectivity index (χ1n) is 22.8. The summed E-state index contributed by atoms with van der Waals surface area (Å²) in [5.41, 5.74) is -0.110. The smallest absolute Gasteiger partial charge is 0.314 e. The third-order valence-electron chi connectivity index (χ3n) is 11.3. The van der Waals surface area contributed by atoms with Gasteiger partial charge in [-0.05, 0) is 82.5 Å². The maximum atomic E-state index is 14.0. The van der Waals surface area contributed by atoms with Crippen molar-refractivity contribution in [1.29, 1.82) is 5.26 Å². The van der Waals surface area contributed by atoms with Crippen LogP contribution in [0.25, 0.3) is 11.2 Å². The zero-order valence-electron chi connectivity index (χ0n) is 41.3. The molecule has 0 bridgehead atoms. The second-order valence-corrected chi connectivity index (χ2v) is 19.5. The van der Waals surface area contributed by atoms with E-state index in [4.69, 9.17) is 42.7 Å². The molecule has 370 valence electrons. The average Bonchev–Trinajstić information content (AvgIpc) is 3.89. The summed E-state index contributed by atoms with van der Waals surface area (Å²) in [7, 11) is 6.60. The molecule has 18 nitrogen and oxygen atoms in total. The van der Waals surface area contributed by atoms with Crippen molar-refractivity contribution in [3.8, 4) is 17.6 Å². The molecule has 5 aromatic rings. The quantitative estimate of drug-likeness (QED) is 0.0161. The minimum Gasteiger partial charge on any atom is -0.497 e. The Morgan fingerprint density at radius 1 is 0.928 bits per heavy atom. The fourth-order valence-electron chi connectivity index (χ4n) is 8.35. The number of hydrogen-bond acceptors (Lipinski definition) is 15. The van der Waals surface area contributed by atoms with Gasteiger partial charge < -0.3 is 42.6 Å². The van der Waals surface area contributed by atoms with Crippen molar-refractivity contribution in [3.63, 3.8) is 0 Å². The fourth-order valence-corrected chi connectivity index (χ4v) is 10.6. The maximum Gasteiger partial charge on any atom is 0.314 e. The van der Waals surface area contributed by atoms with Gasteiger partial charge >= 0.3 is 5.97 Å². The van der Waals surface area contributed by atoms with Crippen molar-refractivity contribution in [2.45, 2.75) is 95.8 Å². The van der Waals surface area contributed by atoms with Crippen molar-refractivity contribution < 1.29 is 42.5 Å². The van der Waals surface area contributed by atoms with E-state index in [0.717, 1.165) is 16.7 Å². The number of nitriles is 1. The van der Waals surface area contributed by atoms with Gasteiger partial charge in [0, 0.05) is 33.3 Å². The van der Waals surface area contributed by atoms with Crippen molar-refractivity contribution in [1.82, 2.24) is 29.1 Å². The number of benzene rings is 3. The van der Waals surface area contributed by atoms with E-state index < -0.39 is 55.6 Å². The van der Waals surface area contributed by atoms with E-state index >= 15 is 0 Å². The van der Waals surface area contributed by atoms with E-state index in [2.05, 4.69) is 25.7 Å². The van der Waals surface area contributed by atoms with Gasteiger partial charge in [-0.1, -0.05) is 54.6 Å². The lowest BCUT2D eigenvalue weighted by atomic mass is 9.80. The third-order valence-corrected chi connectivity index (χ3v) is 13.8. The Balaban J connectivity index is 1.55. The minimum atomic E-state index is -1.82. The first kappa shape index (κ1) is 52.6. The van der Waals surface area contributed by atoms with Crippen LogP contribution in [0.1, 0.15) is 70.9 Å². The minimum absolute atomic E-state index is 0.00598. The Morgan fingerprint density at radius 2 is 1.54 bits per heavy atom. The average molecular weight is 969 g/mol. The zero-order chi connectivity index (χ0) is 49.9. The summed E-state index contributed by atoms with van der Waals surface area (Å²) in [6, 6.07) is 27.3. The number of nitrogens with one attached hydrogen (secondary N) is 1. The molecule has 6 rings (SSSR count). The van der Waals surface area contributed by atoms with Crippen LogP contribution in [0.4, 0.5) is 5.95 Å². The number of ether oxygens (including phenoxy) is 7. The van der Waals surface area contributed by atoms with Crippen LogP contribution < -0.4 is 15.0 Å². The predicted molar refractivity (Wildman–Crippen MR) is 263 cm³/mol. The van der Waals surface area contributed by atoms with Crippen molar-refractivity contribution in [3.05, 3.63) is 112 Å². The van der Waals surface area contributed by atoms with Gasteiger partial charge in [0.15, 0.2) is 17.4 Å². The molecule has 19 heteroatoms. The van der Waals surface area contributed by atoms with Gasteiger partial charge in [-0.2, -0.15) is 10.2 Å². The highest BCUT2D eigenvalue weighted by Crippen LogP contribution is 2.51. The second-order valence-electron chi connectivity index (χ2n) is 17.8. The summed E-state index contributed by atoms with van der Waals surface area (Å²) in [4.78, 5) is 45.5. The van der Waals surface area contributed by atoms with Crippen LogP contribution in [0.2, 0.25) is 0 Å². The topological polar surface area (TPSA) is 197 Å². The molecule has 3 aromatic carbocycles. The Labute approximate surface area is 405 Å². The summed E-state index contributed by atoms with van der Waals surface area (Å²) >= 11 is 0. The summed E-state index contributed by atoms with van der Waals surface area (Å²) < 4.78 is 55.1. The molecule has 5 atom stereocenters. The molecule has 3 heterocycles. The molecule has 0 aliphatic carbocycles. The van der Waals surface area contributed by atoms with Crippen LogP contribution >= 0.6 is 8.30 Å². The molecule has 0 saturated carbocycles. The van der Waals surface area contributed by atoms with E-state index in [9.17, 15) is 14.9 Å². The highest BCUT2D eigenvalue weighted by molar-refractivity contribution is 7.51. The highest BCUT2D eigenvalue weighted by Gasteiger charge is 2.52. The molecule has 0 spiro atoms.